The molecule has 3 N–H and O–H groups in total. The first-order valence-corrected chi connectivity index (χ1v) is 11.6. The van der Waals surface area contributed by atoms with Crippen LogP contribution in [0.25, 0.3) is 11.1 Å². The fourth-order valence-corrected chi connectivity index (χ4v) is 4.25. The summed E-state index contributed by atoms with van der Waals surface area (Å²) in [6, 6.07) is 15.2. The normalized spacial score (nSPS) is 13.9. The number of aliphatic carboxylic acids is 1. The summed E-state index contributed by atoms with van der Waals surface area (Å²) in [6.45, 7) is 0.571. The van der Waals surface area contributed by atoms with Gasteiger partial charge in [0.05, 0.1) is 12.5 Å². The number of carboxylic acids is 1. The van der Waals surface area contributed by atoms with Crippen molar-refractivity contribution in [3.63, 3.8) is 0 Å². The fraction of sp³-hybridized carbons (Fsp3) is 0.423. The van der Waals surface area contributed by atoms with Crippen molar-refractivity contribution in [1.29, 1.82) is 0 Å². The number of methoxy groups -OCH3 is 2. The van der Waals surface area contributed by atoms with Gasteiger partial charge in [0, 0.05) is 33.3 Å². The molecule has 1 aliphatic rings. The monoisotopic (exact) mass is 484 g/mol. The molecule has 0 aliphatic heterocycles. The molecular weight excluding hydrogens is 452 g/mol. The maximum atomic E-state index is 12.7. The Morgan fingerprint density at radius 2 is 1.63 bits per heavy atom. The van der Waals surface area contributed by atoms with E-state index >= 15 is 0 Å². The number of alkyl carbamates (subject to hydrolysis) is 1. The van der Waals surface area contributed by atoms with E-state index in [2.05, 4.69) is 22.8 Å². The Bertz CT molecular complexity index is 981. The van der Waals surface area contributed by atoms with Gasteiger partial charge in [0.2, 0.25) is 5.91 Å². The predicted octanol–water partition coefficient (Wildman–Crippen LogP) is 2.93. The van der Waals surface area contributed by atoms with Crippen LogP contribution in [0.2, 0.25) is 0 Å². The molecule has 2 amide bonds. The van der Waals surface area contributed by atoms with Crippen molar-refractivity contribution in [2.24, 2.45) is 0 Å². The topological polar surface area (TPSA) is 123 Å². The number of carbonyl (C=O) groups is 3. The first-order valence-electron chi connectivity index (χ1n) is 11.6. The lowest BCUT2D eigenvalue weighted by Crippen LogP contribution is -2.49. The van der Waals surface area contributed by atoms with E-state index in [1.165, 1.54) is 7.11 Å². The van der Waals surface area contributed by atoms with Crippen molar-refractivity contribution in [3.8, 4) is 11.1 Å². The number of nitrogens with one attached hydrogen (secondary N) is 2. The molecule has 0 saturated heterocycles. The Kier molecular flexibility index (Phi) is 9.63. The largest absolute Gasteiger partial charge is 0.481 e. The molecule has 0 spiro atoms. The molecule has 0 radical (unpaired) electrons. The summed E-state index contributed by atoms with van der Waals surface area (Å²) in [5.74, 6) is -1.56. The number of hydrogen-bond acceptors (Lipinski definition) is 6. The fourth-order valence-electron chi connectivity index (χ4n) is 4.25. The van der Waals surface area contributed by atoms with Crippen LogP contribution in [0.5, 0.6) is 0 Å². The second-order valence-electron chi connectivity index (χ2n) is 8.36. The zero-order valence-corrected chi connectivity index (χ0v) is 20.0. The van der Waals surface area contributed by atoms with Crippen molar-refractivity contribution in [2.45, 2.75) is 37.3 Å². The molecule has 3 rings (SSSR count). The van der Waals surface area contributed by atoms with E-state index in [9.17, 15) is 14.4 Å². The van der Waals surface area contributed by atoms with Gasteiger partial charge in [-0.25, -0.2) is 4.79 Å². The summed E-state index contributed by atoms with van der Waals surface area (Å²) in [4.78, 5) is 36.3. The van der Waals surface area contributed by atoms with Gasteiger partial charge in [-0.15, -0.1) is 0 Å². The molecule has 0 aromatic heterocycles. The van der Waals surface area contributed by atoms with E-state index in [1.54, 1.807) is 7.11 Å². The molecule has 2 atom stereocenters. The number of ether oxygens (including phenoxy) is 3. The second kappa shape index (κ2) is 12.9. The van der Waals surface area contributed by atoms with Crippen LogP contribution in [0.4, 0.5) is 4.79 Å². The van der Waals surface area contributed by atoms with E-state index < -0.39 is 30.1 Å². The number of amides is 2. The third-order valence-electron chi connectivity index (χ3n) is 6.03. The first kappa shape index (κ1) is 26.2. The van der Waals surface area contributed by atoms with Gasteiger partial charge in [-0.05, 0) is 35.1 Å². The van der Waals surface area contributed by atoms with Crippen LogP contribution in [0.15, 0.2) is 48.5 Å². The molecule has 0 bridgehead atoms. The van der Waals surface area contributed by atoms with Gasteiger partial charge in [-0.2, -0.15) is 0 Å². The highest BCUT2D eigenvalue weighted by Crippen LogP contribution is 2.44. The molecular formula is C26H32N2O7. The summed E-state index contributed by atoms with van der Waals surface area (Å²) in [6.07, 6.45) is -0.740. The van der Waals surface area contributed by atoms with Crippen LogP contribution in [-0.4, -0.2) is 69.2 Å². The van der Waals surface area contributed by atoms with E-state index in [1.807, 2.05) is 36.4 Å². The number of benzene rings is 2. The van der Waals surface area contributed by atoms with Gasteiger partial charge < -0.3 is 30.0 Å². The Morgan fingerprint density at radius 3 is 2.20 bits per heavy atom. The summed E-state index contributed by atoms with van der Waals surface area (Å²) in [5, 5.41) is 14.2. The SMILES string of the molecule is COCCCC(NC(=O)OCC1c2ccccc2-c2ccccc21)C(=O)NCC(CC(=O)O)OC. The van der Waals surface area contributed by atoms with Crippen LogP contribution >= 0.6 is 0 Å². The molecule has 2 aromatic carbocycles. The number of rotatable bonds is 13. The van der Waals surface area contributed by atoms with Gasteiger partial charge >= 0.3 is 12.1 Å². The Balaban J connectivity index is 1.60. The van der Waals surface area contributed by atoms with Crippen LogP contribution in [0, 0.1) is 0 Å². The molecule has 2 aromatic rings. The molecule has 9 nitrogen and oxygen atoms in total. The highest BCUT2D eigenvalue weighted by atomic mass is 16.5. The Labute approximate surface area is 204 Å². The number of carboxylic acid groups (broad SMARTS) is 1. The molecule has 0 heterocycles. The van der Waals surface area contributed by atoms with E-state index in [4.69, 9.17) is 19.3 Å². The highest BCUT2D eigenvalue weighted by molar-refractivity contribution is 5.85. The summed E-state index contributed by atoms with van der Waals surface area (Å²) in [5.41, 5.74) is 4.45. The maximum Gasteiger partial charge on any atom is 0.407 e. The van der Waals surface area contributed by atoms with Crippen molar-refractivity contribution >= 4 is 18.0 Å². The molecule has 188 valence electrons. The molecule has 1 aliphatic carbocycles. The Hall–Kier alpha value is -3.43. The third-order valence-corrected chi connectivity index (χ3v) is 6.03. The standard InChI is InChI=1S/C26H32N2O7/c1-33-13-7-12-23(25(31)27-15-17(34-2)14-24(29)30)28-26(32)35-16-22-20-10-5-3-8-18(20)19-9-4-6-11-21(19)22/h3-6,8-11,17,22-23H,7,12-16H2,1-2H3,(H,27,31)(H,28,32)(H,29,30). The van der Waals surface area contributed by atoms with Crippen molar-refractivity contribution in [1.82, 2.24) is 10.6 Å². The lowest BCUT2D eigenvalue weighted by atomic mass is 9.98. The quantitative estimate of drug-likeness (QED) is 0.374. The zero-order chi connectivity index (χ0) is 25.2. The summed E-state index contributed by atoms with van der Waals surface area (Å²) in [7, 11) is 2.94. The van der Waals surface area contributed by atoms with Crippen LogP contribution in [0.3, 0.4) is 0 Å². The molecule has 9 heteroatoms. The lowest BCUT2D eigenvalue weighted by molar-refractivity contribution is -0.140. The molecule has 35 heavy (non-hydrogen) atoms. The molecule has 0 saturated carbocycles. The smallest absolute Gasteiger partial charge is 0.407 e. The molecule has 0 fully saturated rings. The first-order chi connectivity index (χ1) is 16.9. The van der Waals surface area contributed by atoms with E-state index in [0.29, 0.717) is 19.4 Å². The average Bonchev–Trinajstić information content (AvgIpc) is 3.18. The zero-order valence-electron chi connectivity index (χ0n) is 20.0. The minimum absolute atomic E-state index is 0.00871. The van der Waals surface area contributed by atoms with Crippen LogP contribution in [-0.2, 0) is 23.8 Å². The van der Waals surface area contributed by atoms with Crippen molar-refractivity contribution < 1.29 is 33.7 Å². The van der Waals surface area contributed by atoms with Gasteiger partial charge in [0.1, 0.15) is 12.6 Å². The maximum absolute atomic E-state index is 12.7. The van der Waals surface area contributed by atoms with Gasteiger partial charge in [0.15, 0.2) is 0 Å². The summed E-state index contributed by atoms with van der Waals surface area (Å²) < 4.78 is 15.7. The minimum atomic E-state index is -1.03. The average molecular weight is 485 g/mol. The third kappa shape index (κ3) is 7.03. The second-order valence-corrected chi connectivity index (χ2v) is 8.36. The van der Waals surface area contributed by atoms with E-state index in [-0.39, 0.29) is 25.5 Å². The van der Waals surface area contributed by atoms with Crippen molar-refractivity contribution in [2.75, 3.05) is 34.0 Å². The molecule has 2 unspecified atom stereocenters. The highest BCUT2D eigenvalue weighted by Gasteiger charge is 2.30. The summed E-state index contributed by atoms with van der Waals surface area (Å²) >= 11 is 0. The van der Waals surface area contributed by atoms with Crippen LogP contribution < -0.4 is 10.6 Å². The lowest BCUT2D eigenvalue weighted by Gasteiger charge is -2.21. The van der Waals surface area contributed by atoms with Gasteiger partial charge in [-0.1, -0.05) is 48.5 Å². The van der Waals surface area contributed by atoms with Gasteiger partial charge in [0.25, 0.3) is 0 Å². The van der Waals surface area contributed by atoms with Gasteiger partial charge in [-0.3, -0.25) is 9.59 Å². The minimum Gasteiger partial charge on any atom is -0.481 e. The number of fused-ring (bicyclic) bond motifs is 3. The van der Waals surface area contributed by atoms with E-state index in [0.717, 1.165) is 22.3 Å². The van der Waals surface area contributed by atoms with Crippen LogP contribution in [0.1, 0.15) is 36.3 Å². The Morgan fingerprint density at radius 1 is 1.00 bits per heavy atom. The van der Waals surface area contributed by atoms with Crippen molar-refractivity contribution in [3.05, 3.63) is 59.7 Å². The predicted molar refractivity (Wildman–Crippen MR) is 129 cm³/mol. The number of carbonyl (C=O) groups excluding carboxylic acids is 2. The number of hydrogen-bond donors (Lipinski definition) is 3.